The first-order valence-corrected chi connectivity index (χ1v) is 12.3. The van der Waals surface area contributed by atoms with Gasteiger partial charge in [0.1, 0.15) is 17.3 Å². The van der Waals surface area contributed by atoms with Gasteiger partial charge in [0.25, 0.3) is 11.8 Å². The van der Waals surface area contributed by atoms with Crippen LogP contribution >= 0.6 is 23.2 Å². The van der Waals surface area contributed by atoms with E-state index in [1.807, 2.05) is 6.07 Å². The summed E-state index contributed by atoms with van der Waals surface area (Å²) in [6, 6.07) is 9.27. The van der Waals surface area contributed by atoms with E-state index in [0.29, 0.717) is 49.3 Å². The number of amides is 2. The largest absolute Gasteiger partial charge is 0.484 e. The van der Waals surface area contributed by atoms with Gasteiger partial charge in [-0.15, -0.1) is 0 Å². The highest BCUT2D eigenvalue weighted by atomic mass is 35.5. The Morgan fingerprint density at radius 3 is 2.77 bits per heavy atom. The molecule has 1 aliphatic heterocycles. The molecule has 10 heteroatoms. The van der Waals surface area contributed by atoms with Crippen LogP contribution < -0.4 is 20.1 Å². The molecule has 3 aliphatic rings. The van der Waals surface area contributed by atoms with Gasteiger partial charge in [-0.05, 0) is 74.4 Å². The molecule has 5 rings (SSSR count). The van der Waals surface area contributed by atoms with E-state index in [0.717, 1.165) is 11.6 Å². The van der Waals surface area contributed by atoms with Gasteiger partial charge >= 0.3 is 0 Å². The predicted octanol–water partition coefficient (Wildman–Crippen LogP) is 3.56. The maximum Gasteiger partial charge on any atom is 0.261 e. The highest BCUT2D eigenvalue weighted by molar-refractivity contribution is 6.31. The number of fused-ring (bicyclic) bond motifs is 3. The van der Waals surface area contributed by atoms with Crippen LogP contribution in [0.25, 0.3) is 0 Å². The van der Waals surface area contributed by atoms with Crippen LogP contribution in [-0.4, -0.2) is 46.8 Å². The van der Waals surface area contributed by atoms with Crippen LogP contribution in [0.5, 0.6) is 11.5 Å². The summed E-state index contributed by atoms with van der Waals surface area (Å²) in [7, 11) is 0. The average Bonchev–Trinajstić information content (AvgIpc) is 3.30. The molecule has 2 bridgehead atoms. The molecule has 0 radical (unpaired) electrons. The van der Waals surface area contributed by atoms with Gasteiger partial charge in [-0.3, -0.25) is 9.59 Å². The summed E-state index contributed by atoms with van der Waals surface area (Å²) in [6.07, 6.45) is 1.58. The minimum absolute atomic E-state index is 0.0304. The van der Waals surface area contributed by atoms with Crippen molar-refractivity contribution in [3.05, 3.63) is 57.8 Å². The van der Waals surface area contributed by atoms with Crippen LogP contribution in [0.3, 0.4) is 0 Å². The Morgan fingerprint density at radius 2 is 2.00 bits per heavy atom. The zero-order chi connectivity index (χ0) is 24.8. The number of ether oxygens (including phenoxy) is 2. The molecule has 4 atom stereocenters. The van der Waals surface area contributed by atoms with Gasteiger partial charge < -0.3 is 25.2 Å². The van der Waals surface area contributed by atoms with Gasteiger partial charge in [0.05, 0.1) is 16.7 Å². The number of benzene rings is 2. The van der Waals surface area contributed by atoms with Crippen LogP contribution in [0, 0.1) is 5.82 Å². The molecule has 2 aromatic carbocycles. The van der Waals surface area contributed by atoms with Crippen molar-refractivity contribution in [1.82, 2.24) is 10.6 Å². The third-order valence-electron chi connectivity index (χ3n) is 7.22. The molecule has 0 saturated heterocycles. The molecule has 2 fully saturated rings. The topological polar surface area (TPSA) is 96.9 Å². The van der Waals surface area contributed by atoms with E-state index >= 15 is 0 Å². The number of carbonyl (C=O) groups excluding carboxylic acids is 2. The molecule has 2 aliphatic carbocycles. The summed E-state index contributed by atoms with van der Waals surface area (Å²) in [6.45, 7) is -0.308. The highest BCUT2D eigenvalue weighted by Gasteiger charge is 2.61. The summed E-state index contributed by atoms with van der Waals surface area (Å²) in [5, 5.41) is 17.4. The molecule has 0 aromatic heterocycles. The fraction of sp³-hybridized carbons (Fsp3) is 0.440. The normalized spacial score (nSPS) is 28.7. The minimum atomic E-state index is -0.825. The van der Waals surface area contributed by atoms with Crippen LogP contribution in [0.4, 0.5) is 4.39 Å². The fourth-order valence-electron chi connectivity index (χ4n) is 5.53. The molecule has 2 amide bonds. The molecule has 3 N–H and O–H groups in total. The summed E-state index contributed by atoms with van der Waals surface area (Å²) in [4.78, 5) is 25.6. The Morgan fingerprint density at radius 1 is 1.17 bits per heavy atom. The molecule has 186 valence electrons. The molecule has 0 spiro atoms. The third-order valence-corrected chi connectivity index (χ3v) is 7.76. The summed E-state index contributed by atoms with van der Waals surface area (Å²) in [5.41, 5.74) is -0.504. The second kappa shape index (κ2) is 9.15. The van der Waals surface area contributed by atoms with Crippen molar-refractivity contribution in [2.45, 2.75) is 61.8 Å². The molecule has 35 heavy (non-hydrogen) atoms. The lowest BCUT2D eigenvalue weighted by Gasteiger charge is -2.35. The Balaban J connectivity index is 1.18. The van der Waals surface area contributed by atoms with Crippen molar-refractivity contribution in [2.24, 2.45) is 0 Å². The molecular weight excluding hydrogens is 498 g/mol. The number of nitrogens with one attached hydrogen (secondary N) is 2. The highest BCUT2D eigenvalue weighted by Crippen LogP contribution is 2.51. The van der Waals surface area contributed by atoms with Crippen molar-refractivity contribution >= 4 is 35.0 Å². The van der Waals surface area contributed by atoms with E-state index in [1.165, 1.54) is 12.1 Å². The Kier molecular flexibility index (Phi) is 6.32. The lowest BCUT2D eigenvalue weighted by Crippen LogP contribution is -2.56. The van der Waals surface area contributed by atoms with Gasteiger partial charge in [-0.25, -0.2) is 4.39 Å². The van der Waals surface area contributed by atoms with E-state index in [-0.39, 0.29) is 29.2 Å². The van der Waals surface area contributed by atoms with Crippen molar-refractivity contribution in [3.63, 3.8) is 0 Å². The number of aliphatic hydroxyl groups is 1. The quantitative estimate of drug-likeness (QED) is 0.538. The van der Waals surface area contributed by atoms with Crippen LogP contribution in [-0.2, 0) is 16.0 Å². The van der Waals surface area contributed by atoms with Gasteiger partial charge in [0.2, 0.25) is 0 Å². The maximum absolute atomic E-state index is 13.6. The molecular formula is C25H25Cl2FN2O5. The number of rotatable bonds is 6. The van der Waals surface area contributed by atoms with Crippen LogP contribution in [0.1, 0.15) is 37.7 Å². The van der Waals surface area contributed by atoms with Crippen molar-refractivity contribution in [3.8, 4) is 11.5 Å². The first kappa shape index (κ1) is 24.2. The van der Waals surface area contributed by atoms with E-state index in [9.17, 15) is 19.1 Å². The molecule has 2 aromatic rings. The third kappa shape index (κ3) is 4.79. The smallest absolute Gasteiger partial charge is 0.261 e. The maximum atomic E-state index is 13.6. The molecule has 2 saturated carbocycles. The molecule has 7 nitrogen and oxygen atoms in total. The summed E-state index contributed by atoms with van der Waals surface area (Å²) < 4.78 is 24.9. The zero-order valence-corrected chi connectivity index (χ0v) is 20.3. The zero-order valence-electron chi connectivity index (χ0n) is 18.8. The predicted molar refractivity (Wildman–Crippen MR) is 127 cm³/mol. The van der Waals surface area contributed by atoms with Crippen LogP contribution in [0.2, 0.25) is 10.0 Å². The second-order valence-electron chi connectivity index (χ2n) is 9.63. The van der Waals surface area contributed by atoms with E-state index in [1.54, 1.807) is 12.1 Å². The molecule has 4 unspecified atom stereocenters. The first-order valence-electron chi connectivity index (χ1n) is 11.5. The lowest BCUT2D eigenvalue weighted by atomic mass is 9.88. The summed E-state index contributed by atoms with van der Waals surface area (Å²) >= 11 is 11.7. The van der Waals surface area contributed by atoms with Gasteiger partial charge in [-0.2, -0.15) is 0 Å². The lowest BCUT2D eigenvalue weighted by molar-refractivity contribution is -0.132. The number of carbonyl (C=O) groups is 2. The van der Waals surface area contributed by atoms with Gasteiger partial charge in [-0.1, -0.05) is 23.2 Å². The fourth-order valence-corrected chi connectivity index (χ4v) is 5.84. The van der Waals surface area contributed by atoms with Crippen LogP contribution in [0.15, 0.2) is 36.4 Å². The monoisotopic (exact) mass is 522 g/mol. The van der Waals surface area contributed by atoms with E-state index < -0.39 is 29.1 Å². The number of aryl methyl sites for hydroxylation is 1. The van der Waals surface area contributed by atoms with Crippen molar-refractivity contribution in [1.29, 1.82) is 0 Å². The van der Waals surface area contributed by atoms with E-state index in [2.05, 4.69) is 10.6 Å². The van der Waals surface area contributed by atoms with Gasteiger partial charge in [0, 0.05) is 16.6 Å². The Labute approximate surface area is 211 Å². The first-order chi connectivity index (χ1) is 16.7. The van der Waals surface area contributed by atoms with E-state index in [4.69, 9.17) is 32.7 Å². The van der Waals surface area contributed by atoms with Crippen molar-refractivity contribution in [2.75, 3.05) is 6.61 Å². The minimum Gasteiger partial charge on any atom is -0.484 e. The number of aliphatic hydroxyl groups excluding tert-OH is 1. The number of hydrogen-bond donors (Lipinski definition) is 3. The summed E-state index contributed by atoms with van der Waals surface area (Å²) in [5.74, 6) is -0.467. The Hall–Kier alpha value is -2.55. The van der Waals surface area contributed by atoms with Gasteiger partial charge in [0.15, 0.2) is 12.7 Å². The average molecular weight is 523 g/mol. The molecule has 1 heterocycles. The van der Waals surface area contributed by atoms with Crippen molar-refractivity contribution < 1.29 is 28.6 Å². The Bertz CT molecular complexity index is 1180. The second-order valence-corrected chi connectivity index (χ2v) is 10.5. The standard InChI is InChI=1S/C25H25Cl2FN2O5/c26-15-2-6-19-14(9-15)1-5-20(35-19)23(33)30-25-8-7-24(13-25,11-21(25)31)29-22(32)12-34-16-3-4-17(27)18(28)10-16/h2-4,6,9-10,20-21,31H,1,5,7-8,11-13H2,(H,29,32)(H,30,33). The SMILES string of the molecule is O=C(COc1ccc(Cl)c(F)c1)NC12CCC(NC(=O)C3CCc4cc(Cl)ccc4O3)(C1)C(O)C2. The number of hydrogen-bond acceptors (Lipinski definition) is 5. The number of halogens is 3.